The average molecular weight is 382 g/mol. The van der Waals surface area contributed by atoms with E-state index in [0.717, 1.165) is 15.8 Å². The SMILES string of the molecule is CC[C@H](C)NC(=O)CN1C(=O)N[C@@](C)(c2cccc(Br)c2)C1=O. The van der Waals surface area contributed by atoms with E-state index in [4.69, 9.17) is 0 Å². The Morgan fingerprint density at radius 1 is 1.43 bits per heavy atom. The van der Waals surface area contributed by atoms with Crippen LogP contribution in [0.25, 0.3) is 0 Å². The van der Waals surface area contributed by atoms with Gasteiger partial charge < -0.3 is 10.6 Å². The lowest BCUT2D eigenvalue weighted by molar-refractivity contribution is -0.135. The predicted octanol–water partition coefficient (Wildman–Crippen LogP) is 2.13. The molecule has 1 aromatic rings. The molecule has 0 aromatic heterocycles. The Balaban J connectivity index is 2.18. The standard InChI is InChI=1S/C16H20BrN3O3/c1-4-10(2)18-13(21)9-20-14(22)16(3,19-15(20)23)11-6-5-7-12(17)8-11/h5-8,10H,4,9H2,1-3H3,(H,18,21)(H,19,23)/t10-,16-/m0/s1. The molecule has 6 nitrogen and oxygen atoms in total. The summed E-state index contributed by atoms with van der Waals surface area (Å²) in [5.74, 6) is -0.777. The normalized spacial score (nSPS) is 22.0. The third-order valence-corrected chi connectivity index (χ3v) is 4.49. The van der Waals surface area contributed by atoms with E-state index in [-0.39, 0.29) is 18.5 Å². The zero-order valence-electron chi connectivity index (χ0n) is 13.4. The number of imide groups is 1. The van der Waals surface area contributed by atoms with Crippen molar-refractivity contribution in [2.24, 2.45) is 0 Å². The zero-order chi connectivity index (χ0) is 17.2. The molecule has 0 unspecified atom stereocenters. The number of hydrogen-bond donors (Lipinski definition) is 2. The minimum absolute atomic E-state index is 0.000251. The highest BCUT2D eigenvalue weighted by Crippen LogP contribution is 2.30. The fourth-order valence-corrected chi connectivity index (χ4v) is 2.80. The molecular weight excluding hydrogens is 362 g/mol. The quantitative estimate of drug-likeness (QED) is 0.766. The summed E-state index contributed by atoms with van der Waals surface area (Å²) in [7, 11) is 0. The van der Waals surface area contributed by atoms with Gasteiger partial charge in [0.15, 0.2) is 0 Å². The van der Waals surface area contributed by atoms with Gasteiger partial charge in [-0.05, 0) is 38.0 Å². The van der Waals surface area contributed by atoms with Crippen LogP contribution >= 0.6 is 15.9 Å². The van der Waals surface area contributed by atoms with Crippen molar-refractivity contribution >= 4 is 33.8 Å². The van der Waals surface area contributed by atoms with Crippen molar-refractivity contribution in [1.29, 1.82) is 0 Å². The Morgan fingerprint density at radius 3 is 2.74 bits per heavy atom. The van der Waals surface area contributed by atoms with Gasteiger partial charge in [-0.3, -0.25) is 14.5 Å². The number of carbonyl (C=O) groups excluding carboxylic acids is 3. The lowest BCUT2D eigenvalue weighted by atomic mass is 9.92. The number of rotatable bonds is 5. The minimum atomic E-state index is -1.17. The molecule has 0 aliphatic carbocycles. The van der Waals surface area contributed by atoms with Crippen LogP contribution in [0.1, 0.15) is 32.8 Å². The summed E-state index contributed by atoms with van der Waals surface area (Å²) >= 11 is 3.36. The smallest absolute Gasteiger partial charge is 0.325 e. The first kappa shape index (κ1) is 17.5. The van der Waals surface area contributed by atoms with Crippen molar-refractivity contribution in [3.05, 3.63) is 34.3 Å². The van der Waals surface area contributed by atoms with Crippen LogP contribution in [0.5, 0.6) is 0 Å². The van der Waals surface area contributed by atoms with E-state index in [0.29, 0.717) is 5.56 Å². The Kier molecular flexibility index (Phi) is 5.09. The highest BCUT2D eigenvalue weighted by Gasteiger charge is 2.49. The van der Waals surface area contributed by atoms with Gasteiger partial charge in [-0.25, -0.2) is 4.79 Å². The second-order valence-corrected chi connectivity index (χ2v) is 6.75. The number of hydrogen-bond acceptors (Lipinski definition) is 3. The van der Waals surface area contributed by atoms with Crippen LogP contribution in [0.15, 0.2) is 28.7 Å². The van der Waals surface area contributed by atoms with Gasteiger partial charge in [-0.2, -0.15) is 0 Å². The fraction of sp³-hybridized carbons (Fsp3) is 0.438. The van der Waals surface area contributed by atoms with Crippen LogP contribution < -0.4 is 10.6 Å². The summed E-state index contributed by atoms with van der Waals surface area (Å²) in [5.41, 5.74) is -0.507. The van der Waals surface area contributed by atoms with Crippen LogP contribution in [-0.2, 0) is 15.1 Å². The predicted molar refractivity (Wildman–Crippen MR) is 89.6 cm³/mol. The maximum atomic E-state index is 12.7. The molecule has 1 aliphatic rings. The first-order valence-electron chi connectivity index (χ1n) is 7.47. The molecule has 23 heavy (non-hydrogen) atoms. The third-order valence-electron chi connectivity index (χ3n) is 4.00. The molecule has 4 amide bonds. The minimum Gasteiger partial charge on any atom is -0.352 e. The van der Waals surface area contributed by atoms with Crippen molar-refractivity contribution in [3.63, 3.8) is 0 Å². The molecule has 0 saturated carbocycles. The fourth-order valence-electron chi connectivity index (χ4n) is 2.40. The first-order valence-corrected chi connectivity index (χ1v) is 8.26. The van der Waals surface area contributed by atoms with Crippen molar-refractivity contribution in [3.8, 4) is 0 Å². The molecule has 1 aliphatic heterocycles. The van der Waals surface area contributed by atoms with Gasteiger partial charge in [0.2, 0.25) is 5.91 Å². The van der Waals surface area contributed by atoms with Crippen molar-refractivity contribution < 1.29 is 14.4 Å². The van der Waals surface area contributed by atoms with Crippen molar-refractivity contribution in [1.82, 2.24) is 15.5 Å². The van der Waals surface area contributed by atoms with Crippen LogP contribution in [0.3, 0.4) is 0 Å². The maximum Gasteiger partial charge on any atom is 0.325 e. The van der Waals surface area contributed by atoms with Gasteiger partial charge in [0.1, 0.15) is 12.1 Å². The molecule has 0 spiro atoms. The molecule has 7 heteroatoms. The van der Waals surface area contributed by atoms with Gasteiger partial charge >= 0.3 is 6.03 Å². The molecule has 0 radical (unpaired) electrons. The molecule has 1 heterocycles. The monoisotopic (exact) mass is 381 g/mol. The molecule has 124 valence electrons. The van der Waals surface area contributed by atoms with E-state index in [2.05, 4.69) is 26.6 Å². The Hall–Kier alpha value is -1.89. The first-order chi connectivity index (χ1) is 10.8. The number of urea groups is 1. The highest BCUT2D eigenvalue weighted by molar-refractivity contribution is 9.10. The van der Waals surface area contributed by atoms with Gasteiger partial charge in [-0.15, -0.1) is 0 Å². The number of amides is 4. The van der Waals surface area contributed by atoms with Crippen LogP contribution in [-0.4, -0.2) is 35.3 Å². The molecule has 2 N–H and O–H groups in total. The Morgan fingerprint density at radius 2 is 2.13 bits per heavy atom. The highest BCUT2D eigenvalue weighted by atomic mass is 79.9. The number of nitrogens with one attached hydrogen (secondary N) is 2. The van der Waals surface area contributed by atoms with Crippen LogP contribution in [0, 0.1) is 0 Å². The van der Waals surface area contributed by atoms with E-state index in [1.54, 1.807) is 25.1 Å². The number of benzene rings is 1. The molecule has 2 atom stereocenters. The lowest BCUT2D eigenvalue weighted by Crippen LogP contribution is -2.44. The number of carbonyl (C=O) groups is 3. The van der Waals surface area contributed by atoms with E-state index in [9.17, 15) is 14.4 Å². The van der Waals surface area contributed by atoms with Crippen LogP contribution in [0.2, 0.25) is 0 Å². The Labute approximate surface area is 143 Å². The summed E-state index contributed by atoms with van der Waals surface area (Å²) in [6, 6.07) is 6.62. The molecule has 1 fully saturated rings. The van der Waals surface area contributed by atoms with E-state index in [1.807, 2.05) is 19.9 Å². The van der Waals surface area contributed by atoms with E-state index >= 15 is 0 Å². The molecule has 1 aromatic carbocycles. The summed E-state index contributed by atoms with van der Waals surface area (Å²) in [6.45, 7) is 5.18. The second-order valence-electron chi connectivity index (χ2n) is 5.83. The van der Waals surface area contributed by atoms with Gasteiger partial charge in [0.25, 0.3) is 5.91 Å². The molecule has 2 rings (SSSR count). The van der Waals surface area contributed by atoms with Crippen molar-refractivity contribution in [2.45, 2.75) is 38.8 Å². The van der Waals surface area contributed by atoms with Gasteiger partial charge in [0, 0.05) is 10.5 Å². The summed E-state index contributed by atoms with van der Waals surface area (Å²) in [6.07, 6.45) is 0.779. The second kappa shape index (κ2) is 6.70. The van der Waals surface area contributed by atoms with Crippen LogP contribution in [0.4, 0.5) is 4.79 Å². The number of halogens is 1. The summed E-state index contributed by atoms with van der Waals surface area (Å²) < 4.78 is 0.811. The van der Waals surface area contributed by atoms with Crippen molar-refractivity contribution in [2.75, 3.05) is 6.54 Å². The molecular formula is C16H20BrN3O3. The largest absolute Gasteiger partial charge is 0.352 e. The summed E-state index contributed by atoms with van der Waals surface area (Å²) in [4.78, 5) is 37.8. The van der Waals surface area contributed by atoms with E-state index < -0.39 is 17.5 Å². The summed E-state index contributed by atoms with van der Waals surface area (Å²) in [5, 5.41) is 5.44. The number of nitrogens with zero attached hydrogens (tertiary/aromatic N) is 1. The van der Waals surface area contributed by atoms with Gasteiger partial charge in [-0.1, -0.05) is 35.0 Å². The zero-order valence-corrected chi connectivity index (χ0v) is 14.9. The third kappa shape index (κ3) is 3.55. The average Bonchev–Trinajstić information content (AvgIpc) is 2.71. The van der Waals surface area contributed by atoms with E-state index in [1.165, 1.54) is 0 Å². The Bertz CT molecular complexity index is 649. The topological polar surface area (TPSA) is 78.5 Å². The van der Waals surface area contributed by atoms with Gasteiger partial charge in [0.05, 0.1) is 0 Å². The molecule has 0 bridgehead atoms. The molecule has 1 saturated heterocycles. The lowest BCUT2D eigenvalue weighted by Gasteiger charge is -2.22. The maximum absolute atomic E-state index is 12.7.